The molecular formula is C26H26F2N8. The lowest BCUT2D eigenvalue weighted by Crippen LogP contribution is -2.25. The number of imidazole rings is 1. The summed E-state index contributed by atoms with van der Waals surface area (Å²) in [5.74, 6) is 2.05. The van der Waals surface area contributed by atoms with Crippen molar-refractivity contribution in [3.05, 3.63) is 59.7 Å². The molecule has 0 aliphatic carbocycles. The second kappa shape index (κ2) is 8.56. The van der Waals surface area contributed by atoms with E-state index in [1.807, 2.05) is 22.9 Å². The van der Waals surface area contributed by atoms with Gasteiger partial charge in [0.2, 0.25) is 5.95 Å². The number of rotatable bonds is 5. The highest BCUT2D eigenvalue weighted by Crippen LogP contribution is 2.31. The number of nitrogens with zero attached hydrogens (tertiary/aromatic N) is 6. The predicted molar refractivity (Wildman–Crippen MR) is 132 cm³/mol. The first-order valence-corrected chi connectivity index (χ1v) is 12.5. The third-order valence-corrected chi connectivity index (χ3v) is 7.62. The zero-order valence-corrected chi connectivity index (χ0v) is 19.7. The van der Waals surface area contributed by atoms with Crippen molar-refractivity contribution in [3.8, 4) is 11.3 Å². The average molecular weight is 489 g/mol. The third-order valence-electron chi connectivity index (χ3n) is 7.62. The molecule has 10 heteroatoms. The maximum atomic E-state index is 14.8. The van der Waals surface area contributed by atoms with Crippen LogP contribution in [0, 0.1) is 23.5 Å². The first-order chi connectivity index (χ1) is 17.6. The van der Waals surface area contributed by atoms with E-state index in [1.165, 1.54) is 6.07 Å². The molecule has 3 aromatic heterocycles. The quantitative estimate of drug-likeness (QED) is 0.445. The Hall–Kier alpha value is -3.50. The van der Waals surface area contributed by atoms with Crippen LogP contribution in [0.15, 0.2) is 36.7 Å². The number of pyridine rings is 1. The van der Waals surface area contributed by atoms with Crippen molar-refractivity contribution in [1.29, 1.82) is 0 Å². The van der Waals surface area contributed by atoms with Crippen LogP contribution in [0.5, 0.6) is 0 Å². The monoisotopic (exact) mass is 488 g/mol. The van der Waals surface area contributed by atoms with E-state index in [0.29, 0.717) is 22.4 Å². The van der Waals surface area contributed by atoms with Crippen LogP contribution >= 0.6 is 0 Å². The fraction of sp³-hybridized carbons (Fsp3) is 0.385. The van der Waals surface area contributed by atoms with Crippen LogP contribution in [0.2, 0.25) is 0 Å². The second-order valence-corrected chi connectivity index (χ2v) is 10.0. The molecule has 2 unspecified atom stereocenters. The smallest absolute Gasteiger partial charge is 0.229 e. The van der Waals surface area contributed by atoms with E-state index in [9.17, 15) is 8.78 Å². The van der Waals surface area contributed by atoms with Crippen LogP contribution < -0.4 is 10.6 Å². The molecular weight excluding hydrogens is 462 g/mol. The highest BCUT2D eigenvalue weighted by atomic mass is 19.1. The Kier molecular flexibility index (Phi) is 5.17. The van der Waals surface area contributed by atoms with Crippen molar-refractivity contribution < 1.29 is 8.78 Å². The Morgan fingerprint density at radius 1 is 1.00 bits per heavy atom. The molecule has 0 amide bonds. The Balaban J connectivity index is 1.10. The molecule has 7 rings (SSSR count). The lowest BCUT2D eigenvalue weighted by molar-refractivity contribution is 0.305. The standard InChI is InChI=1S/C26H26F2N8/c27-19-6-16(7-21-25(19)33-23-2-1-5-36(21)23)24-20(28)11-31-26(34-24)32-22-4-3-15(8-30-22)12-35-13-17-9-29-10-18(17)14-35/h3-4,6-8,11,17-18,29H,1-2,5,9-10,12-14H2,(H,30,31,32,34). The summed E-state index contributed by atoms with van der Waals surface area (Å²) in [6.07, 6.45) is 4.74. The van der Waals surface area contributed by atoms with E-state index in [1.54, 1.807) is 6.07 Å². The molecule has 3 aliphatic rings. The van der Waals surface area contributed by atoms with Crippen LogP contribution in [-0.2, 0) is 19.5 Å². The third kappa shape index (κ3) is 3.81. The minimum Gasteiger partial charge on any atom is -0.328 e. The lowest BCUT2D eigenvalue weighted by atomic mass is 10.0. The van der Waals surface area contributed by atoms with Crippen molar-refractivity contribution >= 4 is 22.8 Å². The zero-order valence-electron chi connectivity index (χ0n) is 19.7. The molecule has 3 aliphatic heterocycles. The first-order valence-electron chi connectivity index (χ1n) is 12.5. The SMILES string of the molecule is Fc1cnc(Nc2ccc(CN3CC4CNCC4C3)cn2)nc1-c1cc(F)c2nc3n(c2c1)CCC3. The number of hydrogen-bond acceptors (Lipinski definition) is 7. The summed E-state index contributed by atoms with van der Waals surface area (Å²) in [5.41, 5.74) is 2.52. The molecule has 0 spiro atoms. The molecule has 2 atom stereocenters. The van der Waals surface area contributed by atoms with E-state index in [4.69, 9.17) is 0 Å². The largest absolute Gasteiger partial charge is 0.328 e. The highest BCUT2D eigenvalue weighted by Gasteiger charge is 2.35. The highest BCUT2D eigenvalue weighted by molar-refractivity contribution is 5.83. The molecule has 2 fully saturated rings. The Morgan fingerprint density at radius 2 is 1.86 bits per heavy atom. The number of fused-ring (bicyclic) bond motifs is 4. The minimum atomic E-state index is -0.616. The normalized spacial score (nSPS) is 21.3. The number of anilines is 2. The van der Waals surface area contributed by atoms with Crippen LogP contribution in [-0.4, -0.2) is 55.6 Å². The van der Waals surface area contributed by atoms with Crippen molar-refractivity contribution in [2.75, 3.05) is 31.5 Å². The topological polar surface area (TPSA) is 83.8 Å². The summed E-state index contributed by atoms with van der Waals surface area (Å²) in [4.78, 5) is 19.8. The van der Waals surface area contributed by atoms with Gasteiger partial charge in [0.1, 0.15) is 22.9 Å². The Morgan fingerprint density at radius 3 is 2.67 bits per heavy atom. The van der Waals surface area contributed by atoms with Gasteiger partial charge in [-0.05, 0) is 55.1 Å². The molecule has 0 saturated carbocycles. The van der Waals surface area contributed by atoms with E-state index >= 15 is 0 Å². The molecule has 36 heavy (non-hydrogen) atoms. The van der Waals surface area contributed by atoms with Gasteiger partial charge in [-0.1, -0.05) is 6.07 Å². The summed E-state index contributed by atoms with van der Waals surface area (Å²) < 4.78 is 31.6. The van der Waals surface area contributed by atoms with Gasteiger partial charge >= 0.3 is 0 Å². The molecule has 8 nitrogen and oxygen atoms in total. The maximum absolute atomic E-state index is 14.8. The predicted octanol–water partition coefficient (Wildman–Crippen LogP) is 3.51. The van der Waals surface area contributed by atoms with Gasteiger partial charge in [-0.25, -0.2) is 28.7 Å². The molecule has 1 aromatic carbocycles. The van der Waals surface area contributed by atoms with Gasteiger partial charge in [0, 0.05) is 44.4 Å². The number of aryl methyl sites for hydroxylation is 2. The number of halogens is 2. The second-order valence-electron chi connectivity index (χ2n) is 10.0. The van der Waals surface area contributed by atoms with Crippen LogP contribution in [0.3, 0.4) is 0 Å². The van der Waals surface area contributed by atoms with Crippen LogP contribution in [0.25, 0.3) is 22.3 Å². The summed E-state index contributed by atoms with van der Waals surface area (Å²) in [6, 6.07) is 6.96. The molecule has 4 aromatic rings. The molecule has 184 valence electrons. The summed E-state index contributed by atoms with van der Waals surface area (Å²) in [6.45, 7) is 6.15. The number of hydrogen-bond donors (Lipinski definition) is 2. The molecule has 6 heterocycles. The summed E-state index contributed by atoms with van der Waals surface area (Å²) in [7, 11) is 0. The number of nitrogens with one attached hydrogen (secondary N) is 2. The van der Waals surface area contributed by atoms with Crippen molar-refractivity contribution in [2.24, 2.45) is 11.8 Å². The summed E-state index contributed by atoms with van der Waals surface area (Å²) >= 11 is 0. The Labute approximate surface area is 206 Å². The fourth-order valence-electron chi connectivity index (χ4n) is 5.88. The molecule has 0 radical (unpaired) electrons. The van der Waals surface area contributed by atoms with Gasteiger partial charge < -0.3 is 15.2 Å². The molecule has 0 bridgehead atoms. The number of likely N-dealkylation sites (tertiary alicyclic amines) is 1. The van der Waals surface area contributed by atoms with Gasteiger partial charge in [-0.2, -0.15) is 0 Å². The van der Waals surface area contributed by atoms with Crippen LogP contribution in [0.4, 0.5) is 20.5 Å². The van der Waals surface area contributed by atoms with Crippen molar-refractivity contribution in [1.82, 2.24) is 34.7 Å². The average Bonchev–Trinajstić information content (AvgIpc) is 3.63. The van der Waals surface area contributed by atoms with E-state index < -0.39 is 11.6 Å². The van der Waals surface area contributed by atoms with Gasteiger partial charge in [-0.15, -0.1) is 0 Å². The van der Waals surface area contributed by atoms with Gasteiger partial charge in [0.25, 0.3) is 0 Å². The van der Waals surface area contributed by atoms with Gasteiger partial charge in [-0.3, -0.25) is 4.90 Å². The number of aromatic nitrogens is 5. The maximum Gasteiger partial charge on any atom is 0.229 e. The first kappa shape index (κ1) is 21.8. The van der Waals surface area contributed by atoms with Crippen LogP contribution in [0.1, 0.15) is 17.8 Å². The zero-order chi connectivity index (χ0) is 24.2. The minimum absolute atomic E-state index is 0.0348. The fourth-order valence-corrected chi connectivity index (χ4v) is 5.88. The Bertz CT molecular complexity index is 1440. The lowest BCUT2D eigenvalue weighted by Gasteiger charge is -2.17. The molecule has 2 N–H and O–H groups in total. The van der Waals surface area contributed by atoms with Crippen molar-refractivity contribution in [2.45, 2.75) is 25.9 Å². The van der Waals surface area contributed by atoms with E-state index in [2.05, 4.69) is 35.5 Å². The molecule has 2 saturated heterocycles. The number of benzene rings is 1. The van der Waals surface area contributed by atoms with Gasteiger partial charge in [0.15, 0.2) is 11.6 Å². The van der Waals surface area contributed by atoms with E-state index in [-0.39, 0.29) is 11.6 Å². The van der Waals surface area contributed by atoms with Gasteiger partial charge in [0.05, 0.1) is 11.7 Å². The van der Waals surface area contributed by atoms with Crippen molar-refractivity contribution in [3.63, 3.8) is 0 Å². The summed E-state index contributed by atoms with van der Waals surface area (Å²) in [5, 5.41) is 6.52. The van der Waals surface area contributed by atoms with E-state index in [0.717, 1.165) is 81.5 Å².